The van der Waals surface area contributed by atoms with Gasteiger partial charge >= 0.3 is 0 Å². The minimum atomic E-state index is -0.122. The van der Waals surface area contributed by atoms with Gasteiger partial charge in [0, 0.05) is 32.4 Å². The van der Waals surface area contributed by atoms with Crippen molar-refractivity contribution in [2.75, 3.05) is 26.1 Å². The van der Waals surface area contributed by atoms with Crippen LogP contribution in [0.4, 0.5) is 5.82 Å². The predicted molar refractivity (Wildman–Crippen MR) is 82.7 cm³/mol. The van der Waals surface area contributed by atoms with E-state index in [-0.39, 0.29) is 5.91 Å². The fourth-order valence-electron chi connectivity index (χ4n) is 1.87. The third-order valence-corrected chi connectivity index (χ3v) is 3.05. The molecule has 0 aliphatic carbocycles. The number of pyridine rings is 1. The lowest BCUT2D eigenvalue weighted by molar-refractivity contribution is 0.0951. The molecule has 2 aromatic rings. The van der Waals surface area contributed by atoms with Crippen molar-refractivity contribution < 1.29 is 9.53 Å². The SMILES string of the molecule is COc1cccc(CNC(=O)c2ccnc(N(C)C)c2)c1. The molecule has 0 unspecified atom stereocenters. The third kappa shape index (κ3) is 3.95. The maximum absolute atomic E-state index is 12.2. The highest BCUT2D eigenvalue weighted by Crippen LogP contribution is 2.13. The Labute approximate surface area is 124 Å². The molecule has 0 radical (unpaired) electrons. The molecular weight excluding hydrogens is 266 g/mol. The number of amides is 1. The molecule has 0 aliphatic heterocycles. The summed E-state index contributed by atoms with van der Waals surface area (Å²) < 4.78 is 5.16. The minimum Gasteiger partial charge on any atom is -0.497 e. The van der Waals surface area contributed by atoms with Gasteiger partial charge in [0.15, 0.2) is 0 Å². The number of carbonyl (C=O) groups excluding carboxylic acids is 1. The van der Waals surface area contributed by atoms with Crippen molar-refractivity contribution in [2.45, 2.75) is 6.54 Å². The molecule has 5 nitrogen and oxygen atoms in total. The number of anilines is 1. The Morgan fingerprint density at radius 2 is 2.10 bits per heavy atom. The van der Waals surface area contributed by atoms with Crippen LogP contribution in [0.15, 0.2) is 42.6 Å². The summed E-state index contributed by atoms with van der Waals surface area (Å²) in [6.45, 7) is 0.454. The van der Waals surface area contributed by atoms with E-state index >= 15 is 0 Å². The van der Waals surface area contributed by atoms with Crippen molar-refractivity contribution in [2.24, 2.45) is 0 Å². The number of nitrogens with zero attached hydrogens (tertiary/aromatic N) is 2. The van der Waals surface area contributed by atoms with Gasteiger partial charge in [0.05, 0.1) is 7.11 Å². The lowest BCUT2D eigenvalue weighted by Crippen LogP contribution is -2.23. The van der Waals surface area contributed by atoms with Crippen molar-refractivity contribution in [3.63, 3.8) is 0 Å². The van der Waals surface area contributed by atoms with Crippen LogP contribution in [0.25, 0.3) is 0 Å². The van der Waals surface area contributed by atoms with Crippen molar-refractivity contribution >= 4 is 11.7 Å². The topological polar surface area (TPSA) is 54.5 Å². The number of methoxy groups -OCH3 is 1. The van der Waals surface area contributed by atoms with E-state index in [2.05, 4.69) is 10.3 Å². The van der Waals surface area contributed by atoms with Gasteiger partial charge in [-0.2, -0.15) is 0 Å². The van der Waals surface area contributed by atoms with Crippen LogP contribution in [0.5, 0.6) is 5.75 Å². The molecule has 2 rings (SSSR count). The number of carbonyl (C=O) groups is 1. The Morgan fingerprint density at radius 1 is 1.29 bits per heavy atom. The highest BCUT2D eigenvalue weighted by molar-refractivity contribution is 5.94. The zero-order chi connectivity index (χ0) is 15.2. The van der Waals surface area contributed by atoms with Crippen LogP contribution in [-0.4, -0.2) is 32.1 Å². The van der Waals surface area contributed by atoms with E-state index in [1.54, 1.807) is 25.4 Å². The van der Waals surface area contributed by atoms with E-state index in [0.717, 1.165) is 17.1 Å². The summed E-state index contributed by atoms with van der Waals surface area (Å²) in [5.74, 6) is 1.41. The zero-order valence-electron chi connectivity index (χ0n) is 12.5. The van der Waals surface area contributed by atoms with E-state index < -0.39 is 0 Å². The Hall–Kier alpha value is -2.56. The maximum Gasteiger partial charge on any atom is 0.251 e. The van der Waals surface area contributed by atoms with Crippen LogP contribution in [0, 0.1) is 0 Å². The van der Waals surface area contributed by atoms with Crippen LogP contribution in [-0.2, 0) is 6.54 Å². The van der Waals surface area contributed by atoms with E-state index in [9.17, 15) is 4.79 Å². The highest BCUT2D eigenvalue weighted by Gasteiger charge is 2.07. The van der Waals surface area contributed by atoms with Crippen LogP contribution in [0.2, 0.25) is 0 Å². The molecule has 0 atom stereocenters. The zero-order valence-corrected chi connectivity index (χ0v) is 12.5. The van der Waals surface area contributed by atoms with Gasteiger partial charge in [-0.1, -0.05) is 12.1 Å². The second-order valence-corrected chi connectivity index (χ2v) is 4.83. The van der Waals surface area contributed by atoms with Gasteiger partial charge in [-0.3, -0.25) is 4.79 Å². The summed E-state index contributed by atoms with van der Waals surface area (Å²) >= 11 is 0. The molecule has 0 bridgehead atoms. The van der Waals surface area contributed by atoms with Gasteiger partial charge in [0.25, 0.3) is 5.91 Å². The molecule has 1 aromatic carbocycles. The van der Waals surface area contributed by atoms with Crippen LogP contribution < -0.4 is 15.0 Å². The van der Waals surface area contributed by atoms with E-state index in [1.807, 2.05) is 43.3 Å². The fraction of sp³-hybridized carbons (Fsp3) is 0.250. The van der Waals surface area contributed by atoms with Crippen molar-refractivity contribution in [3.05, 3.63) is 53.7 Å². The van der Waals surface area contributed by atoms with Crippen molar-refractivity contribution in [1.82, 2.24) is 10.3 Å². The van der Waals surface area contributed by atoms with Crippen molar-refractivity contribution in [3.8, 4) is 5.75 Å². The largest absolute Gasteiger partial charge is 0.497 e. The first-order chi connectivity index (χ1) is 10.1. The van der Waals surface area contributed by atoms with Crippen molar-refractivity contribution in [1.29, 1.82) is 0 Å². The van der Waals surface area contributed by atoms with Gasteiger partial charge in [-0.05, 0) is 29.8 Å². The van der Waals surface area contributed by atoms with Crippen LogP contribution in [0.1, 0.15) is 15.9 Å². The van der Waals surface area contributed by atoms with Gasteiger partial charge in [0.2, 0.25) is 0 Å². The molecular formula is C16H19N3O2. The number of hydrogen-bond acceptors (Lipinski definition) is 4. The Bertz CT molecular complexity index is 626. The smallest absolute Gasteiger partial charge is 0.251 e. The molecule has 0 spiro atoms. The normalized spacial score (nSPS) is 10.0. The van der Waals surface area contributed by atoms with Crippen LogP contribution in [0.3, 0.4) is 0 Å². The molecule has 110 valence electrons. The first-order valence-electron chi connectivity index (χ1n) is 6.64. The number of aromatic nitrogens is 1. The summed E-state index contributed by atoms with van der Waals surface area (Å²) in [5.41, 5.74) is 1.58. The van der Waals surface area contributed by atoms with E-state index in [4.69, 9.17) is 4.74 Å². The summed E-state index contributed by atoms with van der Waals surface area (Å²) in [5, 5.41) is 2.89. The first-order valence-corrected chi connectivity index (χ1v) is 6.64. The molecule has 0 fully saturated rings. The molecule has 1 N–H and O–H groups in total. The van der Waals surface area contributed by atoms with E-state index in [0.29, 0.717) is 12.1 Å². The standard InChI is InChI=1S/C16H19N3O2/c1-19(2)15-10-13(7-8-17-15)16(20)18-11-12-5-4-6-14(9-12)21-3/h4-10H,11H2,1-3H3,(H,18,20). The van der Waals surface area contributed by atoms with Gasteiger partial charge in [0.1, 0.15) is 11.6 Å². The number of rotatable bonds is 5. The molecule has 0 saturated heterocycles. The monoisotopic (exact) mass is 285 g/mol. The third-order valence-electron chi connectivity index (χ3n) is 3.05. The van der Waals surface area contributed by atoms with Gasteiger partial charge in [-0.15, -0.1) is 0 Å². The molecule has 1 aromatic heterocycles. The highest BCUT2D eigenvalue weighted by atomic mass is 16.5. The molecule has 0 aliphatic rings. The summed E-state index contributed by atoms with van der Waals surface area (Å²) in [4.78, 5) is 18.2. The minimum absolute atomic E-state index is 0.122. The molecule has 0 saturated carbocycles. The predicted octanol–water partition coefficient (Wildman–Crippen LogP) is 2.09. The fourth-order valence-corrected chi connectivity index (χ4v) is 1.87. The first kappa shape index (κ1) is 14.8. The van der Waals surface area contributed by atoms with Crippen LogP contribution >= 0.6 is 0 Å². The quantitative estimate of drug-likeness (QED) is 0.914. The molecule has 1 heterocycles. The Balaban J connectivity index is 2.02. The lowest BCUT2D eigenvalue weighted by atomic mass is 10.2. The molecule has 21 heavy (non-hydrogen) atoms. The second kappa shape index (κ2) is 6.74. The average Bonchev–Trinajstić information content (AvgIpc) is 2.53. The van der Waals surface area contributed by atoms with E-state index in [1.165, 1.54) is 0 Å². The summed E-state index contributed by atoms with van der Waals surface area (Å²) in [7, 11) is 5.40. The maximum atomic E-state index is 12.2. The second-order valence-electron chi connectivity index (χ2n) is 4.83. The lowest BCUT2D eigenvalue weighted by Gasteiger charge is -2.12. The average molecular weight is 285 g/mol. The Morgan fingerprint density at radius 3 is 2.81 bits per heavy atom. The number of benzene rings is 1. The Kier molecular flexibility index (Phi) is 4.77. The van der Waals surface area contributed by atoms with Gasteiger partial charge < -0.3 is 15.0 Å². The summed E-state index contributed by atoms with van der Waals surface area (Å²) in [6, 6.07) is 11.1. The molecule has 5 heteroatoms. The number of hydrogen-bond donors (Lipinski definition) is 1. The van der Waals surface area contributed by atoms with Gasteiger partial charge in [-0.25, -0.2) is 4.98 Å². The summed E-state index contributed by atoms with van der Waals surface area (Å²) in [6.07, 6.45) is 1.63. The molecule has 1 amide bonds. The number of ether oxygens (including phenoxy) is 1. The number of nitrogens with one attached hydrogen (secondary N) is 1.